The Balaban J connectivity index is -0.000000204. The first-order valence-corrected chi connectivity index (χ1v) is 32.2. The molecule has 1 aliphatic heterocycles. The van der Waals surface area contributed by atoms with Crippen molar-refractivity contribution in [3.8, 4) is 0 Å². The maximum absolute atomic E-state index is 14.4. The van der Waals surface area contributed by atoms with Gasteiger partial charge in [-0.1, -0.05) is 92.5 Å². The van der Waals surface area contributed by atoms with Gasteiger partial charge in [0, 0.05) is 16.6 Å². The summed E-state index contributed by atoms with van der Waals surface area (Å²) in [5.41, 5.74) is -1.24. The molecule has 2 aromatic rings. The van der Waals surface area contributed by atoms with E-state index in [-0.39, 0.29) is 17.4 Å². The molecule has 1 aliphatic rings. The smallest absolute Gasteiger partial charge is 0.385 e. The van der Waals surface area contributed by atoms with Crippen molar-refractivity contribution in [3.63, 3.8) is 0 Å². The number of alkyl halides is 42. The van der Waals surface area contributed by atoms with Crippen molar-refractivity contribution in [2.45, 2.75) is 168 Å². The first kappa shape index (κ1) is 132. The zero-order valence-corrected chi connectivity index (χ0v) is 65.3. The largest absolute Gasteiger partial charge is 0.462 e. The van der Waals surface area contributed by atoms with E-state index in [2.05, 4.69) is 60.3 Å². The minimum atomic E-state index is -9.32. The summed E-state index contributed by atoms with van der Waals surface area (Å²) < 4.78 is 512. The standard InChI is InChI=1S/C32H29BrF20O8.C14H18BrFO2.C6H8O4.9CH2F2.CH3FO/c1-14(61-20(56)15(2)60-16(3)54)19(55)58-12-23(34,35)25(38,39)27(42,43)29(46,47)31(50,51)32(52,53)30(48,49)28(44,45)26(40,41)24(36,37)13-59-21(57)22(4,5)11-18(33)17-9-7-6-8-10-17;1-14(2,13(17)18-9-8-16)10-12(15)11-6-4-3-5-7-11;1-3-5(7)10-4(2)6(8)9-3;10*2-1-3/h6-10,14-15,18H,11-13H2,1-5H3;3-7,12H,8-10H2,1-2H3;3-4H,1-2H3;9*1H2;3H,1H2. The van der Waals surface area contributed by atoms with Gasteiger partial charge in [-0.25, -0.2) is 107 Å². The lowest BCUT2D eigenvalue weighted by Crippen LogP contribution is -2.77. The summed E-state index contributed by atoms with van der Waals surface area (Å²) in [5.74, 6) is -94.3. The Morgan fingerprint density at radius 2 is 0.605 bits per heavy atom. The lowest BCUT2D eigenvalue weighted by molar-refractivity contribution is -0.469. The number of carbonyl (C=O) groups is 7. The van der Waals surface area contributed by atoms with Gasteiger partial charge in [-0.2, -0.15) is 87.8 Å². The Morgan fingerprint density at radius 3 is 0.840 bits per heavy atom. The molecule has 708 valence electrons. The molecule has 119 heavy (non-hydrogen) atoms. The van der Waals surface area contributed by atoms with Gasteiger partial charge < -0.3 is 38.3 Å². The van der Waals surface area contributed by atoms with Crippen molar-refractivity contribution in [2.24, 2.45) is 10.8 Å². The lowest BCUT2D eigenvalue weighted by atomic mass is 9.85. The third-order valence-electron chi connectivity index (χ3n) is 12.1. The van der Waals surface area contributed by atoms with Crippen LogP contribution in [0.15, 0.2) is 60.7 Å². The van der Waals surface area contributed by atoms with Gasteiger partial charge in [0.15, 0.2) is 44.5 Å². The minimum Gasteiger partial charge on any atom is -0.462 e. The second-order valence-electron chi connectivity index (χ2n) is 21.5. The molecule has 2 aromatic carbocycles. The van der Waals surface area contributed by atoms with Gasteiger partial charge in [0.1, 0.15) is 13.3 Å². The zero-order valence-electron chi connectivity index (χ0n) is 62.1. The summed E-state index contributed by atoms with van der Waals surface area (Å²) in [6.07, 6.45) is -5.86. The Kier molecular flexibility index (Phi) is 73.0. The minimum absolute atomic E-state index is 0.0756. The molecule has 1 N–H and O–H groups in total. The van der Waals surface area contributed by atoms with Crippen molar-refractivity contribution in [2.75, 3.05) is 95.7 Å². The maximum Gasteiger partial charge on any atom is 0.385 e. The fourth-order valence-electron chi connectivity index (χ4n) is 6.65. The highest BCUT2D eigenvalue weighted by molar-refractivity contribution is 9.09. The predicted octanol–water partition coefficient (Wildman–Crippen LogP) is 21.6. The van der Waals surface area contributed by atoms with Crippen LogP contribution in [-0.2, 0) is 66.7 Å². The van der Waals surface area contributed by atoms with E-state index in [0.29, 0.717) is 18.9 Å². The van der Waals surface area contributed by atoms with E-state index < -0.39 is 231 Å². The number of ether oxygens (including phenoxy) is 7. The Labute approximate surface area is 666 Å². The number of hydrogen-bond acceptors (Lipinski definition) is 15. The number of aliphatic hydroxyl groups excluding tert-OH is 1. The van der Waals surface area contributed by atoms with Crippen molar-refractivity contribution in [1.29, 1.82) is 0 Å². The molecule has 6 unspecified atom stereocenters. The van der Waals surface area contributed by atoms with Crippen LogP contribution >= 0.6 is 31.9 Å². The number of benzene rings is 2. The highest BCUT2D eigenvalue weighted by Crippen LogP contribution is 2.66. The third-order valence-corrected chi connectivity index (χ3v) is 13.8. The molecule has 0 radical (unpaired) electrons. The van der Waals surface area contributed by atoms with Gasteiger partial charge in [0.2, 0.25) is 62.4 Å². The van der Waals surface area contributed by atoms with Crippen LogP contribution in [0.2, 0.25) is 0 Å². The number of esters is 7. The Hall–Kier alpha value is -7.15. The fraction of sp³-hybridized carbons (Fsp3) is 0.694. The zero-order chi connectivity index (χ0) is 97.0. The van der Waals surface area contributed by atoms with Crippen molar-refractivity contribution >= 4 is 73.6 Å². The number of cyclic esters (lactones) is 2. The summed E-state index contributed by atoms with van der Waals surface area (Å²) in [4.78, 5) is 78.9. The van der Waals surface area contributed by atoms with E-state index in [4.69, 9.17) is 9.84 Å². The van der Waals surface area contributed by atoms with Crippen LogP contribution in [0.5, 0.6) is 0 Å². The molecule has 15 nitrogen and oxygen atoms in total. The number of rotatable bonds is 27. The molecule has 0 aromatic heterocycles. The van der Waals surface area contributed by atoms with E-state index in [9.17, 15) is 209 Å². The summed E-state index contributed by atoms with van der Waals surface area (Å²) in [6, 6.07) is 17.2. The highest BCUT2D eigenvalue weighted by Gasteiger charge is 2.97. The van der Waals surface area contributed by atoms with Gasteiger partial charge in [-0.3, -0.25) is 14.4 Å². The molecular formula is C62H76Br2F40O15. The topological polar surface area (TPSA) is 204 Å². The molecular weight excluding hydrogens is 1900 g/mol. The highest BCUT2D eigenvalue weighted by atomic mass is 79.9. The van der Waals surface area contributed by atoms with Crippen LogP contribution in [0.3, 0.4) is 0 Å². The summed E-state index contributed by atoms with van der Waals surface area (Å²) in [6.45, 7) is -14.9. The quantitative estimate of drug-likeness (QED) is 0.0382. The first-order valence-electron chi connectivity index (χ1n) is 30.4. The first-order chi connectivity index (χ1) is 54.1. The van der Waals surface area contributed by atoms with Gasteiger partial charge in [-0.05, 0) is 79.4 Å². The number of carbonyl (C=O) groups excluding carboxylic acids is 7. The van der Waals surface area contributed by atoms with Gasteiger partial charge in [-0.15, -0.1) is 0 Å². The summed E-state index contributed by atoms with van der Waals surface area (Å²) >= 11 is 6.64. The normalized spacial score (nSPS) is 14.5. The van der Waals surface area contributed by atoms with Crippen LogP contribution in [0.4, 0.5) is 176 Å². The third kappa shape index (κ3) is 46.6. The van der Waals surface area contributed by atoms with Gasteiger partial charge in [0.05, 0.1) is 10.8 Å². The Morgan fingerprint density at radius 1 is 0.387 bits per heavy atom. The van der Waals surface area contributed by atoms with E-state index >= 15 is 0 Å². The van der Waals surface area contributed by atoms with Crippen LogP contribution in [-0.4, -0.2) is 226 Å². The molecule has 57 heteroatoms. The van der Waals surface area contributed by atoms with Crippen molar-refractivity contribution in [3.05, 3.63) is 71.8 Å². The lowest BCUT2D eigenvalue weighted by Gasteiger charge is -2.45. The predicted molar refractivity (Wildman–Crippen MR) is 341 cm³/mol. The molecule has 0 amide bonds. The molecule has 0 spiro atoms. The molecule has 0 saturated carbocycles. The summed E-state index contributed by atoms with van der Waals surface area (Å²) in [5, 5.41) is 6.90. The molecule has 0 bridgehead atoms. The van der Waals surface area contributed by atoms with Crippen molar-refractivity contribution in [1.82, 2.24) is 0 Å². The molecule has 1 fully saturated rings. The number of aliphatic hydroxyl groups is 1. The summed E-state index contributed by atoms with van der Waals surface area (Å²) in [7, 11) is 0. The van der Waals surface area contributed by atoms with Crippen LogP contribution in [0, 0.1) is 10.8 Å². The van der Waals surface area contributed by atoms with Crippen LogP contribution in [0.25, 0.3) is 0 Å². The molecule has 1 heterocycles. The van der Waals surface area contributed by atoms with E-state index in [1.165, 1.54) is 44.2 Å². The molecule has 1 saturated heterocycles. The average Bonchev–Trinajstić information content (AvgIpc) is 0.686. The Bertz CT molecular complexity index is 2910. The molecule has 0 aliphatic carbocycles. The second kappa shape index (κ2) is 65.6. The number of hydrogen-bond donors (Lipinski definition) is 1. The van der Waals surface area contributed by atoms with Crippen LogP contribution < -0.4 is 0 Å². The maximum atomic E-state index is 14.4. The van der Waals surface area contributed by atoms with E-state index in [0.717, 1.165) is 33.3 Å². The van der Waals surface area contributed by atoms with E-state index in [1.54, 1.807) is 0 Å². The van der Waals surface area contributed by atoms with E-state index in [1.807, 2.05) is 44.2 Å². The monoisotopic (exact) mass is 1980 g/mol. The van der Waals surface area contributed by atoms with Crippen molar-refractivity contribution < 1.29 is 247 Å². The van der Waals surface area contributed by atoms with Crippen LogP contribution in [0.1, 0.15) is 95.9 Å². The average molecular weight is 1980 g/mol. The number of halogens is 42. The van der Waals surface area contributed by atoms with Gasteiger partial charge in [0.25, 0.3) is 0 Å². The molecule has 6 atom stereocenters. The molecule has 3 rings (SSSR count). The fourth-order valence-corrected chi connectivity index (χ4v) is 8.88. The SMILES string of the molecule is CC(=O)OC(C)C(=O)OC(C)C(=O)OCC(F)(F)C(F)(F)C(F)(F)C(F)(F)C(F)(F)C(F)(F)C(F)(F)C(F)(F)C(F)(F)C(F)(F)COC(=O)C(C)(C)CC(Br)c1ccccc1.CC(C)(CC(Br)c1ccccc1)C(=O)OCCF.CC1OC(=O)C(C)OC1=O.FCF.FCF.FCF.FCF.FCF.FCF.FCF.FCF.FCF.OCF. The van der Waals surface area contributed by atoms with Gasteiger partial charge >= 0.3 is 101 Å². The second-order valence-corrected chi connectivity index (χ2v) is 23.7.